The number of esters is 1. The lowest BCUT2D eigenvalue weighted by Gasteiger charge is -2.41. The zero-order valence-corrected chi connectivity index (χ0v) is 32.4. The van der Waals surface area contributed by atoms with Crippen LogP contribution in [-0.4, -0.2) is 69.1 Å². The van der Waals surface area contributed by atoms with Gasteiger partial charge in [-0.05, 0) is 38.9 Å². The summed E-state index contributed by atoms with van der Waals surface area (Å²) in [5, 5.41) is 2.67. The third-order valence-corrected chi connectivity index (χ3v) is 10.2. The second-order valence-electron chi connectivity index (χ2n) is 14.2. The van der Waals surface area contributed by atoms with Crippen LogP contribution in [0, 0.1) is 0 Å². The highest BCUT2D eigenvalue weighted by molar-refractivity contribution is 5.82. The molecule has 10 nitrogen and oxygen atoms in total. The fourth-order valence-electron chi connectivity index (χ4n) is 7.32. The van der Waals surface area contributed by atoms with Gasteiger partial charge in [-0.3, -0.25) is 0 Å². The van der Waals surface area contributed by atoms with Crippen molar-refractivity contribution < 1.29 is 42.7 Å². The zero-order valence-electron chi connectivity index (χ0n) is 32.4. The Bertz CT molecular complexity index is 2020. The largest absolute Gasteiger partial charge is 0.460 e. The predicted octanol–water partition coefficient (Wildman–Crippen LogP) is 8.14. The zero-order chi connectivity index (χ0) is 39.9. The lowest BCUT2D eigenvalue weighted by molar-refractivity contribution is -0.279. The summed E-state index contributed by atoms with van der Waals surface area (Å²) in [7, 11) is 0. The third kappa shape index (κ3) is 10.9. The molecule has 2 aliphatic rings. The number of benzene rings is 5. The smallest absolute Gasteiger partial charge is 0.407 e. The van der Waals surface area contributed by atoms with Crippen LogP contribution in [0.5, 0.6) is 0 Å². The number of amides is 1. The van der Waals surface area contributed by atoms with Crippen molar-refractivity contribution in [2.45, 2.75) is 62.8 Å². The van der Waals surface area contributed by atoms with Crippen LogP contribution >= 0.6 is 0 Å². The molecule has 1 aliphatic heterocycles. The molecule has 0 bridgehead atoms. The first kappa shape index (κ1) is 40.6. The van der Waals surface area contributed by atoms with Gasteiger partial charge < -0.3 is 38.5 Å². The summed E-state index contributed by atoms with van der Waals surface area (Å²) in [4.78, 5) is 26.7. The average Bonchev–Trinajstić information content (AvgIpc) is 3.59. The van der Waals surface area contributed by atoms with Crippen molar-refractivity contribution in [1.82, 2.24) is 5.32 Å². The fourth-order valence-corrected chi connectivity index (χ4v) is 7.32. The molecular weight excluding hydrogens is 735 g/mol. The van der Waals surface area contributed by atoms with Crippen molar-refractivity contribution in [1.29, 1.82) is 0 Å². The van der Waals surface area contributed by atoms with Crippen LogP contribution in [0.1, 0.15) is 40.2 Å². The van der Waals surface area contributed by atoms with Crippen molar-refractivity contribution in [3.63, 3.8) is 0 Å². The second kappa shape index (κ2) is 20.7. The number of carbonyl (C=O) groups is 2. The van der Waals surface area contributed by atoms with E-state index in [4.69, 9.17) is 33.2 Å². The quantitative estimate of drug-likeness (QED) is 0.0656. The van der Waals surface area contributed by atoms with Crippen LogP contribution in [0.2, 0.25) is 0 Å². The molecule has 0 radical (unpaired) electrons. The van der Waals surface area contributed by atoms with Crippen molar-refractivity contribution in [3.8, 4) is 11.1 Å². The molecule has 1 saturated heterocycles. The maximum absolute atomic E-state index is 13.4. The molecule has 5 atom stereocenters. The van der Waals surface area contributed by atoms with E-state index in [9.17, 15) is 9.59 Å². The lowest BCUT2D eigenvalue weighted by Crippen LogP contribution is -2.54. The fraction of sp³-hybridized carbons (Fsp3) is 0.292. The van der Waals surface area contributed by atoms with E-state index in [2.05, 4.69) is 24.0 Å². The Morgan fingerprint density at radius 1 is 0.672 bits per heavy atom. The Balaban J connectivity index is 1.04. The summed E-state index contributed by atoms with van der Waals surface area (Å²) in [5.41, 5.74) is 7.41. The highest BCUT2D eigenvalue weighted by Gasteiger charge is 2.42. The van der Waals surface area contributed by atoms with Gasteiger partial charge in [0.25, 0.3) is 0 Å². The van der Waals surface area contributed by atoms with Crippen molar-refractivity contribution in [3.05, 3.63) is 180 Å². The van der Waals surface area contributed by atoms with Crippen LogP contribution in [0.4, 0.5) is 4.79 Å². The van der Waals surface area contributed by atoms with Crippen molar-refractivity contribution in [2.75, 3.05) is 26.4 Å². The number of fused-ring (bicyclic) bond motifs is 3. The van der Waals surface area contributed by atoms with Gasteiger partial charge in [-0.15, -0.1) is 0 Å². The van der Waals surface area contributed by atoms with E-state index < -0.39 is 42.7 Å². The van der Waals surface area contributed by atoms with E-state index in [1.807, 2.05) is 127 Å². The van der Waals surface area contributed by atoms with E-state index >= 15 is 0 Å². The molecule has 1 fully saturated rings. The standard InChI is InChI=1S/C48H49NO9/c1-2-26-53-47(50)42(49-48(51)57-31-41-39-24-14-12-22-37(39)38-23-13-15-25-40(38)41)32-55-45-27-43(54-29-35-18-8-4-9-19-35)46(56-30-36-20-10-5-11-21-36)44(58-45)33-52-28-34-16-6-3-7-17-34/h2-25,41-46H,1,26-33H2,(H,49,51)/t42-,43+,44+,45-,46-/m0/s1. The number of hydrogen-bond donors (Lipinski definition) is 1. The first-order valence-corrected chi connectivity index (χ1v) is 19.6. The Hall–Kier alpha value is -5.62. The van der Waals surface area contributed by atoms with Gasteiger partial charge in [-0.1, -0.05) is 152 Å². The molecule has 5 aromatic carbocycles. The Kier molecular flexibility index (Phi) is 14.5. The van der Waals surface area contributed by atoms with Crippen molar-refractivity contribution >= 4 is 12.1 Å². The van der Waals surface area contributed by atoms with Crippen LogP contribution in [0.15, 0.2) is 152 Å². The highest BCUT2D eigenvalue weighted by Crippen LogP contribution is 2.44. The molecule has 1 amide bonds. The number of alkyl carbamates (subject to hydrolysis) is 1. The monoisotopic (exact) mass is 783 g/mol. The van der Waals surface area contributed by atoms with Gasteiger partial charge in [-0.2, -0.15) is 0 Å². The van der Waals surface area contributed by atoms with Gasteiger partial charge in [0, 0.05) is 12.3 Å². The van der Waals surface area contributed by atoms with Crippen LogP contribution in [-0.2, 0) is 57.8 Å². The maximum atomic E-state index is 13.4. The molecule has 10 heteroatoms. The summed E-state index contributed by atoms with van der Waals surface area (Å²) < 4.78 is 43.3. The number of nitrogens with one attached hydrogen (secondary N) is 1. The van der Waals surface area contributed by atoms with Gasteiger partial charge in [-0.25, -0.2) is 9.59 Å². The van der Waals surface area contributed by atoms with Gasteiger partial charge in [0.05, 0.1) is 39.1 Å². The maximum Gasteiger partial charge on any atom is 0.407 e. The number of ether oxygens (including phenoxy) is 7. The van der Waals surface area contributed by atoms with E-state index in [0.717, 1.165) is 38.9 Å². The number of rotatable bonds is 19. The van der Waals surface area contributed by atoms with Crippen LogP contribution in [0.25, 0.3) is 11.1 Å². The molecule has 0 saturated carbocycles. The van der Waals surface area contributed by atoms with Gasteiger partial charge in [0.1, 0.15) is 25.4 Å². The topological polar surface area (TPSA) is 111 Å². The summed E-state index contributed by atoms with van der Waals surface area (Å²) in [6, 6.07) is 44.7. The Morgan fingerprint density at radius 2 is 1.22 bits per heavy atom. The molecule has 58 heavy (non-hydrogen) atoms. The molecule has 0 aromatic heterocycles. The number of carbonyl (C=O) groups excluding carboxylic acids is 2. The summed E-state index contributed by atoms with van der Waals surface area (Å²) >= 11 is 0. The Morgan fingerprint density at radius 3 is 1.83 bits per heavy atom. The van der Waals surface area contributed by atoms with Crippen LogP contribution < -0.4 is 5.32 Å². The molecule has 300 valence electrons. The molecule has 5 aromatic rings. The van der Waals surface area contributed by atoms with Crippen LogP contribution in [0.3, 0.4) is 0 Å². The van der Waals surface area contributed by atoms with Gasteiger partial charge in [0.15, 0.2) is 12.3 Å². The van der Waals surface area contributed by atoms with E-state index in [0.29, 0.717) is 19.8 Å². The summed E-state index contributed by atoms with van der Waals surface area (Å²) in [6.07, 6.45) is -1.49. The SMILES string of the molecule is C=CCOC(=O)[C@H](CO[C@@H]1C[C@@H](OCc2ccccc2)[C@H](OCc2ccccc2)[C@@H](COCc2ccccc2)O1)NC(=O)OCC1c2ccccc2-c2ccccc21. The van der Waals surface area contributed by atoms with Gasteiger partial charge >= 0.3 is 12.1 Å². The molecule has 1 aliphatic carbocycles. The predicted molar refractivity (Wildman–Crippen MR) is 219 cm³/mol. The minimum Gasteiger partial charge on any atom is -0.460 e. The molecule has 1 heterocycles. The molecular formula is C48H49NO9. The second-order valence-corrected chi connectivity index (χ2v) is 14.2. The summed E-state index contributed by atoms with van der Waals surface area (Å²) in [6.45, 7) is 4.64. The third-order valence-electron chi connectivity index (χ3n) is 10.2. The first-order chi connectivity index (χ1) is 28.6. The average molecular weight is 784 g/mol. The number of hydrogen-bond acceptors (Lipinski definition) is 9. The molecule has 0 unspecified atom stereocenters. The molecule has 7 rings (SSSR count). The first-order valence-electron chi connectivity index (χ1n) is 19.6. The summed E-state index contributed by atoms with van der Waals surface area (Å²) in [5.74, 6) is -0.852. The lowest BCUT2D eigenvalue weighted by atomic mass is 9.98. The van der Waals surface area contributed by atoms with Gasteiger partial charge in [0.2, 0.25) is 0 Å². The Labute approximate surface area is 339 Å². The molecule has 0 spiro atoms. The van der Waals surface area contributed by atoms with E-state index in [1.54, 1.807) is 0 Å². The minimum atomic E-state index is -1.21. The van der Waals surface area contributed by atoms with Crippen molar-refractivity contribution in [2.24, 2.45) is 0 Å². The van der Waals surface area contributed by atoms with E-state index in [1.165, 1.54) is 6.08 Å². The van der Waals surface area contributed by atoms with E-state index in [-0.39, 0.29) is 38.8 Å². The highest BCUT2D eigenvalue weighted by atomic mass is 16.7. The molecule has 1 N–H and O–H groups in total. The minimum absolute atomic E-state index is 0.0434. The normalized spacial score (nSPS) is 19.0.